The van der Waals surface area contributed by atoms with Gasteiger partial charge in [-0.15, -0.1) is 11.3 Å². The lowest BCUT2D eigenvalue weighted by Gasteiger charge is -1.96. The number of benzene rings is 2. The molecule has 0 saturated heterocycles. The van der Waals surface area contributed by atoms with E-state index in [4.69, 9.17) is 9.97 Å². The number of nitrogens with zero attached hydrogens (tertiary/aromatic N) is 2. The zero-order valence-corrected chi connectivity index (χ0v) is 15.4. The van der Waals surface area contributed by atoms with Gasteiger partial charge in [-0.3, -0.25) is 0 Å². The standard InChI is InChI=1S/C19H14BrN3S/c1-12-17(13-6-3-2-4-7-13)23-18(21-12)16-11-24-19(22-16)14-8-5-9-15(20)10-14/h2-11H,1H3,(H,21,23). The van der Waals surface area contributed by atoms with Crippen molar-refractivity contribution < 1.29 is 0 Å². The fraction of sp³-hybridized carbons (Fsp3) is 0.0526. The third-order valence-corrected chi connectivity index (χ3v) is 5.13. The monoisotopic (exact) mass is 395 g/mol. The summed E-state index contributed by atoms with van der Waals surface area (Å²) in [5.74, 6) is 0.809. The number of nitrogens with one attached hydrogen (secondary N) is 1. The molecule has 3 nitrogen and oxygen atoms in total. The quantitative estimate of drug-likeness (QED) is 0.466. The van der Waals surface area contributed by atoms with Crippen molar-refractivity contribution in [2.75, 3.05) is 0 Å². The van der Waals surface area contributed by atoms with Crippen LogP contribution in [0.1, 0.15) is 5.69 Å². The van der Waals surface area contributed by atoms with Crippen LogP contribution in [0.3, 0.4) is 0 Å². The first-order chi connectivity index (χ1) is 11.7. The van der Waals surface area contributed by atoms with E-state index in [2.05, 4.69) is 45.2 Å². The molecule has 2 heterocycles. The lowest BCUT2D eigenvalue weighted by molar-refractivity contribution is 1.23. The van der Waals surface area contributed by atoms with Crippen molar-refractivity contribution >= 4 is 27.3 Å². The summed E-state index contributed by atoms with van der Waals surface area (Å²) in [5, 5.41) is 3.03. The number of H-pyrrole nitrogens is 1. The average Bonchev–Trinajstić information content (AvgIpc) is 3.22. The molecule has 5 heteroatoms. The highest BCUT2D eigenvalue weighted by atomic mass is 79.9. The summed E-state index contributed by atoms with van der Waals surface area (Å²) in [6, 6.07) is 18.4. The molecule has 0 radical (unpaired) electrons. The van der Waals surface area contributed by atoms with E-state index in [0.717, 1.165) is 43.5 Å². The molecule has 1 N–H and O–H groups in total. The molecule has 0 saturated carbocycles. The second kappa shape index (κ2) is 6.34. The number of hydrogen-bond donors (Lipinski definition) is 1. The van der Waals surface area contributed by atoms with E-state index >= 15 is 0 Å². The van der Waals surface area contributed by atoms with E-state index in [1.807, 2.05) is 42.6 Å². The first-order valence-electron chi connectivity index (χ1n) is 7.54. The van der Waals surface area contributed by atoms with Gasteiger partial charge >= 0.3 is 0 Å². The van der Waals surface area contributed by atoms with Crippen LogP contribution in [-0.2, 0) is 0 Å². The van der Waals surface area contributed by atoms with E-state index in [-0.39, 0.29) is 0 Å². The third-order valence-electron chi connectivity index (χ3n) is 3.75. The lowest BCUT2D eigenvalue weighted by atomic mass is 10.1. The van der Waals surface area contributed by atoms with Crippen LogP contribution in [0, 0.1) is 6.92 Å². The van der Waals surface area contributed by atoms with Gasteiger partial charge in [-0.2, -0.15) is 0 Å². The summed E-state index contributed by atoms with van der Waals surface area (Å²) in [7, 11) is 0. The maximum absolute atomic E-state index is 4.75. The SMILES string of the molecule is Cc1[nH]c(-c2csc(-c3cccc(Br)c3)n2)nc1-c1ccccc1. The van der Waals surface area contributed by atoms with Gasteiger partial charge in [0.05, 0.1) is 5.69 Å². The molecule has 2 aromatic heterocycles. The van der Waals surface area contributed by atoms with E-state index in [0.29, 0.717) is 0 Å². The van der Waals surface area contributed by atoms with Gasteiger partial charge in [0.1, 0.15) is 10.7 Å². The molecule has 0 aliphatic carbocycles. The van der Waals surface area contributed by atoms with Crippen LogP contribution in [0.4, 0.5) is 0 Å². The maximum Gasteiger partial charge on any atom is 0.157 e. The number of aromatic nitrogens is 3. The van der Waals surface area contributed by atoms with Crippen LogP contribution < -0.4 is 0 Å². The number of aromatic amines is 1. The Hall–Kier alpha value is -2.24. The molecule has 0 aliphatic rings. The molecule has 4 aromatic rings. The molecule has 0 spiro atoms. The molecule has 0 aliphatic heterocycles. The van der Waals surface area contributed by atoms with E-state index in [9.17, 15) is 0 Å². The molecule has 0 unspecified atom stereocenters. The van der Waals surface area contributed by atoms with E-state index < -0.39 is 0 Å². The highest BCUT2D eigenvalue weighted by molar-refractivity contribution is 9.10. The van der Waals surface area contributed by atoms with Crippen LogP contribution >= 0.6 is 27.3 Å². The van der Waals surface area contributed by atoms with Crippen LogP contribution in [0.25, 0.3) is 33.3 Å². The van der Waals surface area contributed by atoms with Crippen LogP contribution in [0.2, 0.25) is 0 Å². The highest BCUT2D eigenvalue weighted by Gasteiger charge is 2.13. The van der Waals surface area contributed by atoms with Crippen molar-refractivity contribution in [2.24, 2.45) is 0 Å². The normalized spacial score (nSPS) is 10.9. The van der Waals surface area contributed by atoms with Crippen molar-refractivity contribution in [3.05, 3.63) is 70.1 Å². The first kappa shape index (κ1) is 15.3. The number of hydrogen-bond acceptors (Lipinski definition) is 3. The van der Waals surface area contributed by atoms with Crippen molar-refractivity contribution in [1.29, 1.82) is 0 Å². The van der Waals surface area contributed by atoms with Gasteiger partial charge < -0.3 is 4.98 Å². The zero-order valence-electron chi connectivity index (χ0n) is 13.0. The Kier molecular flexibility index (Phi) is 4.04. The summed E-state index contributed by atoms with van der Waals surface area (Å²) < 4.78 is 1.05. The zero-order chi connectivity index (χ0) is 16.5. The number of halogens is 1. The molecule has 2 aromatic carbocycles. The molecule has 118 valence electrons. The van der Waals surface area contributed by atoms with E-state index in [1.54, 1.807) is 11.3 Å². The first-order valence-corrected chi connectivity index (χ1v) is 9.22. The Morgan fingerprint density at radius 1 is 0.958 bits per heavy atom. The van der Waals surface area contributed by atoms with E-state index in [1.165, 1.54) is 0 Å². The molecule has 24 heavy (non-hydrogen) atoms. The fourth-order valence-electron chi connectivity index (χ4n) is 2.60. The Morgan fingerprint density at radius 2 is 1.75 bits per heavy atom. The van der Waals surface area contributed by atoms with Crippen LogP contribution in [0.5, 0.6) is 0 Å². The predicted octanol–water partition coefficient (Wildman–Crippen LogP) is 5.94. The fourth-order valence-corrected chi connectivity index (χ4v) is 3.80. The minimum absolute atomic E-state index is 0.809. The minimum atomic E-state index is 0.809. The number of thiazole rings is 1. The lowest BCUT2D eigenvalue weighted by Crippen LogP contribution is -1.82. The van der Waals surface area contributed by atoms with Gasteiger partial charge in [0.2, 0.25) is 0 Å². The van der Waals surface area contributed by atoms with Crippen LogP contribution in [0.15, 0.2) is 64.5 Å². The molecule has 0 fully saturated rings. The molecular formula is C19H14BrN3S. The Morgan fingerprint density at radius 3 is 2.54 bits per heavy atom. The van der Waals surface area contributed by atoms with Gasteiger partial charge in [-0.1, -0.05) is 58.4 Å². The predicted molar refractivity (Wildman–Crippen MR) is 103 cm³/mol. The molecule has 4 rings (SSSR count). The molecule has 0 bridgehead atoms. The Balaban J connectivity index is 1.71. The second-order valence-corrected chi connectivity index (χ2v) is 7.25. The Labute approximate surface area is 152 Å². The van der Waals surface area contributed by atoms with Crippen molar-refractivity contribution in [3.63, 3.8) is 0 Å². The Bertz CT molecular complexity index is 989. The summed E-state index contributed by atoms with van der Waals surface area (Å²) in [5.41, 5.74) is 5.11. The van der Waals surface area contributed by atoms with Crippen molar-refractivity contribution in [2.45, 2.75) is 6.92 Å². The largest absolute Gasteiger partial charge is 0.340 e. The third kappa shape index (κ3) is 2.92. The summed E-state index contributed by atoms with van der Waals surface area (Å²) in [6.45, 7) is 2.04. The smallest absolute Gasteiger partial charge is 0.157 e. The molecule has 0 atom stereocenters. The van der Waals surface area contributed by atoms with Gasteiger partial charge in [0.25, 0.3) is 0 Å². The summed E-state index contributed by atoms with van der Waals surface area (Å²) in [6.07, 6.45) is 0. The maximum atomic E-state index is 4.75. The average molecular weight is 396 g/mol. The van der Waals surface area contributed by atoms with Gasteiger partial charge in [0.15, 0.2) is 5.82 Å². The molecule has 0 amide bonds. The number of imidazole rings is 1. The summed E-state index contributed by atoms with van der Waals surface area (Å²) >= 11 is 5.13. The number of aryl methyl sites for hydroxylation is 1. The summed E-state index contributed by atoms with van der Waals surface area (Å²) in [4.78, 5) is 12.9. The van der Waals surface area contributed by atoms with Gasteiger partial charge in [-0.25, -0.2) is 9.97 Å². The minimum Gasteiger partial charge on any atom is -0.340 e. The van der Waals surface area contributed by atoms with Crippen LogP contribution in [-0.4, -0.2) is 15.0 Å². The second-order valence-electron chi connectivity index (χ2n) is 5.47. The topological polar surface area (TPSA) is 41.6 Å². The van der Waals surface area contributed by atoms with Crippen molar-refractivity contribution in [1.82, 2.24) is 15.0 Å². The van der Waals surface area contributed by atoms with Crippen molar-refractivity contribution in [3.8, 4) is 33.3 Å². The number of rotatable bonds is 3. The van der Waals surface area contributed by atoms with Gasteiger partial charge in [-0.05, 0) is 19.1 Å². The highest BCUT2D eigenvalue weighted by Crippen LogP contribution is 2.31. The van der Waals surface area contributed by atoms with Gasteiger partial charge in [0, 0.05) is 26.7 Å². The molecular weight excluding hydrogens is 382 g/mol.